The highest BCUT2D eigenvalue weighted by Gasteiger charge is 2.13. The summed E-state index contributed by atoms with van der Waals surface area (Å²) in [6.45, 7) is 5.54. The molecule has 0 spiro atoms. The third kappa shape index (κ3) is 1.32. The minimum atomic E-state index is 0.299. The first-order valence-electron chi connectivity index (χ1n) is 3.06. The fraction of sp³-hybridized carbons (Fsp3) is 0.714. The van der Waals surface area contributed by atoms with Crippen LogP contribution in [-0.4, -0.2) is 5.78 Å². The van der Waals surface area contributed by atoms with Gasteiger partial charge in [0.15, 0.2) is 0 Å². The first-order valence-corrected chi connectivity index (χ1v) is 3.06. The van der Waals surface area contributed by atoms with Crippen LogP contribution < -0.4 is 0 Å². The molecule has 1 heteroatoms. The van der Waals surface area contributed by atoms with Crippen LogP contribution in [0.5, 0.6) is 0 Å². The van der Waals surface area contributed by atoms with Crippen molar-refractivity contribution in [1.29, 1.82) is 0 Å². The van der Waals surface area contributed by atoms with Crippen molar-refractivity contribution >= 4 is 5.78 Å². The maximum atomic E-state index is 10.6. The van der Waals surface area contributed by atoms with E-state index in [-0.39, 0.29) is 0 Å². The van der Waals surface area contributed by atoms with Gasteiger partial charge >= 0.3 is 0 Å². The van der Waals surface area contributed by atoms with Gasteiger partial charge in [-0.2, -0.15) is 0 Å². The van der Waals surface area contributed by atoms with Crippen LogP contribution in [0.25, 0.3) is 0 Å². The molecule has 0 aromatic rings. The summed E-state index contributed by atoms with van der Waals surface area (Å²) in [7, 11) is 0. The van der Waals surface area contributed by atoms with Gasteiger partial charge < -0.3 is 0 Å². The van der Waals surface area contributed by atoms with E-state index in [1.807, 2.05) is 0 Å². The van der Waals surface area contributed by atoms with Gasteiger partial charge in [-0.15, -0.1) is 0 Å². The Morgan fingerprint density at radius 1 is 1.38 bits per heavy atom. The number of rotatable bonds is 0. The number of carbonyl (C=O) groups is 1. The highest BCUT2D eigenvalue weighted by molar-refractivity contribution is 5.79. The maximum absolute atomic E-state index is 10.6. The normalized spacial score (nSPS) is 23.9. The largest absolute Gasteiger partial charge is 0.300 e. The molecule has 0 amide bonds. The van der Waals surface area contributed by atoms with Crippen LogP contribution >= 0.6 is 0 Å². The molecule has 0 aromatic heterocycles. The van der Waals surface area contributed by atoms with Gasteiger partial charge in [0, 0.05) is 12.8 Å². The number of hydrogen-bond acceptors (Lipinski definition) is 1. The molecule has 0 unspecified atom stereocenters. The summed E-state index contributed by atoms with van der Waals surface area (Å²) in [6, 6.07) is 0. The predicted octanol–water partition coefficient (Wildman–Crippen LogP) is 1.46. The van der Waals surface area contributed by atoms with Crippen molar-refractivity contribution in [2.75, 3.05) is 0 Å². The fourth-order valence-electron chi connectivity index (χ4n) is 0.962. The molecule has 0 atom stereocenters. The van der Waals surface area contributed by atoms with E-state index < -0.39 is 0 Å². The van der Waals surface area contributed by atoms with Gasteiger partial charge in [0.2, 0.25) is 0 Å². The lowest BCUT2D eigenvalue weighted by atomic mass is 9.90. The quantitative estimate of drug-likeness (QED) is 0.461. The van der Waals surface area contributed by atoms with E-state index in [0.29, 0.717) is 24.5 Å². The molecular formula is C7H10O. The van der Waals surface area contributed by atoms with Gasteiger partial charge in [-0.25, -0.2) is 0 Å². The average Bonchev–Trinajstić information content (AvgIpc) is 1.77. The molecule has 1 aliphatic rings. The Labute approximate surface area is 50.1 Å². The SMILES string of the molecule is [CH]C1CCC(=O)CC1. The lowest BCUT2D eigenvalue weighted by Gasteiger charge is -2.14. The van der Waals surface area contributed by atoms with Gasteiger partial charge in [0.05, 0.1) is 0 Å². The second-order valence-electron chi connectivity index (χ2n) is 2.38. The molecule has 0 heterocycles. The van der Waals surface area contributed by atoms with Crippen molar-refractivity contribution in [3.8, 4) is 0 Å². The summed E-state index contributed by atoms with van der Waals surface area (Å²) in [5, 5.41) is 0. The zero-order valence-electron chi connectivity index (χ0n) is 4.89. The predicted molar refractivity (Wildman–Crippen MR) is 31.3 cm³/mol. The molecule has 1 rings (SSSR count). The lowest BCUT2D eigenvalue weighted by molar-refractivity contribution is -0.120. The molecule has 0 saturated heterocycles. The number of carbonyl (C=O) groups excluding carboxylic acids is 1. The number of Topliss-reactive ketones (excluding diaryl/α,β-unsaturated/α-hetero) is 1. The zero-order chi connectivity index (χ0) is 5.98. The Hall–Kier alpha value is -0.330. The van der Waals surface area contributed by atoms with Crippen LogP contribution in [0.4, 0.5) is 0 Å². The Morgan fingerprint density at radius 3 is 2.25 bits per heavy atom. The summed E-state index contributed by atoms with van der Waals surface area (Å²) in [6.07, 6.45) is 3.22. The Kier molecular flexibility index (Phi) is 1.66. The molecule has 1 nitrogen and oxygen atoms in total. The van der Waals surface area contributed by atoms with Crippen molar-refractivity contribution in [2.45, 2.75) is 25.7 Å². The molecule has 44 valence electrons. The number of ketones is 1. The van der Waals surface area contributed by atoms with Gasteiger partial charge in [0.1, 0.15) is 5.78 Å². The Bertz CT molecular complexity index is 86.6. The van der Waals surface area contributed by atoms with Crippen molar-refractivity contribution in [2.24, 2.45) is 5.92 Å². The van der Waals surface area contributed by atoms with E-state index in [0.717, 1.165) is 12.8 Å². The van der Waals surface area contributed by atoms with Crippen molar-refractivity contribution in [3.63, 3.8) is 0 Å². The topological polar surface area (TPSA) is 17.1 Å². The summed E-state index contributed by atoms with van der Waals surface area (Å²) in [4.78, 5) is 10.6. The van der Waals surface area contributed by atoms with Gasteiger partial charge in [0.25, 0.3) is 0 Å². The number of hydrogen-bond donors (Lipinski definition) is 0. The highest BCUT2D eigenvalue weighted by atomic mass is 16.1. The molecule has 1 fully saturated rings. The molecule has 0 aliphatic heterocycles. The average molecular weight is 110 g/mol. The third-order valence-corrected chi connectivity index (χ3v) is 1.59. The van der Waals surface area contributed by atoms with E-state index in [2.05, 4.69) is 0 Å². The van der Waals surface area contributed by atoms with Gasteiger partial charge in [-0.3, -0.25) is 4.79 Å². The fourth-order valence-corrected chi connectivity index (χ4v) is 0.962. The Balaban J connectivity index is 2.29. The third-order valence-electron chi connectivity index (χ3n) is 1.59. The van der Waals surface area contributed by atoms with Crippen LogP contribution in [0.2, 0.25) is 0 Å². The lowest BCUT2D eigenvalue weighted by Crippen LogP contribution is -2.10. The first kappa shape index (κ1) is 5.80. The van der Waals surface area contributed by atoms with E-state index in [1.165, 1.54) is 0 Å². The zero-order valence-corrected chi connectivity index (χ0v) is 4.89. The maximum Gasteiger partial charge on any atom is 0.132 e. The second-order valence-corrected chi connectivity index (χ2v) is 2.38. The molecule has 8 heavy (non-hydrogen) atoms. The van der Waals surface area contributed by atoms with Crippen LogP contribution in [0, 0.1) is 12.8 Å². The molecule has 1 saturated carbocycles. The molecule has 0 bridgehead atoms. The van der Waals surface area contributed by atoms with E-state index >= 15 is 0 Å². The molecular weight excluding hydrogens is 100 g/mol. The second kappa shape index (κ2) is 2.29. The van der Waals surface area contributed by atoms with Crippen LogP contribution in [-0.2, 0) is 4.79 Å². The molecule has 0 aromatic carbocycles. The Morgan fingerprint density at radius 2 is 1.88 bits per heavy atom. The van der Waals surface area contributed by atoms with E-state index in [9.17, 15) is 4.79 Å². The summed E-state index contributed by atoms with van der Waals surface area (Å²) >= 11 is 0. The minimum absolute atomic E-state index is 0.299. The minimum Gasteiger partial charge on any atom is -0.300 e. The van der Waals surface area contributed by atoms with Gasteiger partial charge in [-0.05, 0) is 25.7 Å². The van der Waals surface area contributed by atoms with E-state index in [4.69, 9.17) is 6.92 Å². The van der Waals surface area contributed by atoms with Crippen molar-refractivity contribution in [3.05, 3.63) is 6.92 Å². The van der Waals surface area contributed by atoms with Gasteiger partial charge in [-0.1, -0.05) is 0 Å². The first-order chi connectivity index (χ1) is 3.79. The smallest absolute Gasteiger partial charge is 0.132 e. The standard InChI is InChI=1S/C7H10O/c1-6-2-4-7(8)5-3-6/h1,6H,2-5H2. The summed E-state index contributed by atoms with van der Waals surface area (Å²) < 4.78 is 0. The summed E-state index contributed by atoms with van der Waals surface area (Å²) in [5.74, 6) is 0.680. The molecule has 1 aliphatic carbocycles. The van der Waals surface area contributed by atoms with E-state index in [1.54, 1.807) is 0 Å². The van der Waals surface area contributed by atoms with Crippen LogP contribution in [0.3, 0.4) is 0 Å². The van der Waals surface area contributed by atoms with Crippen LogP contribution in [0.1, 0.15) is 25.7 Å². The highest BCUT2D eigenvalue weighted by Crippen LogP contribution is 2.19. The van der Waals surface area contributed by atoms with Crippen LogP contribution in [0.15, 0.2) is 0 Å². The molecule has 0 N–H and O–H groups in total. The monoisotopic (exact) mass is 110 g/mol. The molecule has 2 radical (unpaired) electrons. The van der Waals surface area contributed by atoms with Crippen molar-refractivity contribution < 1.29 is 4.79 Å². The summed E-state index contributed by atoms with van der Waals surface area (Å²) in [5.41, 5.74) is 0. The van der Waals surface area contributed by atoms with Crippen molar-refractivity contribution in [1.82, 2.24) is 0 Å².